The van der Waals surface area contributed by atoms with Gasteiger partial charge in [0.05, 0.1) is 0 Å². The van der Waals surface area contributed by atoms with Crippen molar-refractivity contribution in [2.45, 2.75) is 59.5 Å². The molecule has 0 aromatic carbocycles. The zero-order valence-electron chi connectivity index (χ0n) is 15.0. The minimum absolute atomic E-state index is 0.254. The maximum absolute atomic E-state index is 12.9. The molecule has 24 heavy (non-hydrogen) atoms. The zero-order chi connectivity index (χ0) is 17.6. The minimum Gasteiger partial charge on any atom is -0.311 e. The molecule has 0 unspecified atom stereocenters. The SMILES string of the molecule is CCCCn1c(=O)c2c(nc3n([C@@H](C)CC)c(C)cn23)n(C)c1=O. The fraction of sp³-hybridized carbons (Fsp3) is 0.588. The van der Waals surface area contributed by atoms with Gasteiger partial charge in [0.2, 0.25) is 5.78 Å². The number of aromatic nitrogens is 5. The molecule has 0 bridgehead atoms. The maximum Gasteiger partial charge on any atom is 0.332 e. The van der Waals surface area contributed by atoms with Crippen molar-refractivity contribution in [1.29, 1.82) is 0 Å². The lowest BCUT2D eigenvalue weighted by Crippen LogP contribution is -2.39. The smallest absolute Gasteiger partial charge is 0.311 e. The summed E-state index contributed by atoms with van der Waals surface area (Å²) < 4.78 is 6.77. The molecule has 3 aromatic rings. The summed E-state index contributed by atoms with van der Waals surface area (Å²) in [4.78, 5) is 30.1. The molecule has 0 aliphatic heterocycles. The van der Waals surface area contributed by atoms with Crippen LogP contribution in [0.4, 0.5) is 0 Å². The first-order valence-corrected chi connectivity index (χ1v) is 8.61. The predicted octanol–water partition coefficient (Wildman–Crippen LogP) is 2.23. The van der Waals surface area contributed by atoms with E-state index in [1.54, 1.807) is 7.05 Å². The summed E-state index contributed by atoms with van der Waals surface area (Å²) in [7, 11) is 1.68. The molecule has 7 nitrogen and oxygen atoms in total. The first-order valence-electron chi connectivity index (χ1n) is 8.61. The molecular weight excluding hydrogens is 306 g/mol. The summed E-state index contributed by atoms with van der Waals surface area (Å²) in [5.41, 5.74) is 1.43. The predicted molar refractivity (Wildman–Crippen MR) is 94.8 cm³/mol. The molecule has 3 rings (SSSR count). The fourth-order valence-corrected chi connectivity index (χ4v) is 3.27. The highest BCUT2D eigenvalue weighted by Gasteiger charge is 2.21. The normalized spacial score (nSPS) is 13.2. The van der Waals surface area contributed by atoms with Crippen LogP contribution in [0, 0.1) is 6.92 Å². The first kappa shape index (κ1) is 16.5. The number of nitrogens with zero attached hydrogens (tertiary/aromatic N) is 5. The Kier molecular flexibility index (Phi) is 4.11. The van der Waals surface area contributed by atoms with Crippen LogP contribution in [0.3, 0.4) is 0 Å². The van der Waals surface area contributed by atoms with Crippen molar-refractivity contribution in [3.63, 3.8) is 0 Å². The van der Waals surface area contributed by atoms with Gasteiger partial charge >= 0.3 is 5.69 Å². The minimum atomic E-state index is -0.298. The van der Waals surface area contributed by atoms with Crippen LogP contribution in [0.1, 0.15) is 51.8 Å². The van der Waals surface area contributed by atoms with Crippen molar-refractivity contribution in [3.05, 3.63) is 32.7 Å². The Balaban J connectivity index is 2.42. The van der Waals surface area contributed by atoms with Gasteiger partial charge in [0.1, 0.15) is 0 Å². The Morgan fingerprint density at radius 3 is 2.58 bits per heavy atom. The van der Waals surface area contributed by atoms with Crippen molar-refractivity contribution in [1.82, 2.24) is 23.1 Å². The van der Waals surface area contributed by atoms with Crippen molar-refractivity contribution in [3.8, 4) is 0 Å². The zero-order valence-corrected chi connectivity index (χ0v) is 15.0. The topological polar surface area (TPSA) is 66.2 Å². The quantitative estimate of drug-likeness (QED) is 0.720. The van der Waals surface area contributed by atoms with E-state index in [1.165, 1.54) is 9.13 Å². The average molecular weight is 331 g/mol. The van der Waals surface area contributed by atoms with E-state index >= 15 is 0 Å². The molecular formula is C17H25N5O2. The Morgan fingerprint density at radius 2 is 1.96 bits per heavy atom. The van der Waals surface area contributed by atoms with Crippen molar-refractivity contribution in [2.24, 2.45) is 7.05 Å². The van der Waals surface area contributed by atoms with Crippen LogP contribution in [0.15, 0.2) is 15.8 Å². The molecule has 3 heterocycles. The Morgan fingerprint density at radius 1 is 1.25 bits per heavy atom. The van der Waals surface area contributed by atoms with Crippen LogP contribution >= 0.6 is 0 Å². The number of hydrogen-bond donors (Lipinski definition) is 0. The molecule has 0 N–H and O–H groups in total. The molecule has 0 saturated carbocycles. The van der Waals surface area contributed by atoms with E-state index < -0.39 is 0 Å². The number of unbranched alkanes of at least 4 members (excludes halogenated alkanes) is 1. The summed E-state index contributed by atoms with van der Waals surface area (Å²) in [5.74, 6) is 0.720. The van der Waals surface area contributed by atoms with E-state index in [0.29, 0.717) is 17.7 Å². The number of hydrogen-bond acceptors (Lipinski definition) is 3. The largest absolute Gasteiger partial charge is 0.332 e. The lowest BCUT2D eigenvalue weighted by Gasteiger charge is -2.12. The van der Waals surface area contributed by atoms with Gasteiger partial charge in [0.25, 0.3) is 5.56 Å². The third-order valence-electron chi connectivity index (χ3n) is 4.84. The van der Waals surface area contributed by atoms with Gasteiger partial charge in [-0.1, -0.05) is 20.3 Å². The number of rotatable bonds is 5. The molecule has 0 saturated heterocycles. The van der Waals surface area contributed by atoms with Gasteiger partial charge < -0.3 is 4.57 Å². The van der Waals surface area contributed by atoms with Crippen LogP contribution < -0.4 is 11.2 Å². The second kappa shape index (κ2) is 5.96. The van der Waals surface area contributed by atoms with Crippen LogP contribution in [0.5, 0.6) is 0 Å². The highest BCUT2D eigenvalue weighted by molar-refractivity contribution is 5.75. The highest BCUT2D eigenvalue weighted by Crippen LogP contribution is 2.22. The van der Waals surface area contributed by atoms with Crippen LogP contribution in [-0.4, -0.2) is 23.1 Å². The summed E-state index contributed by atoms with van der Waals surface area (Å²) in [6, 6.07) is 0.277. The van der Waals surface area contributed by atoms with Crippen LogP contribution in [0.2, 0.25) is 0 Å². The highest BCUT2D eigenvalue weighted by atomic mass is 16.2. The molecule has 0 radical (unpaired) electrons. The Labute approximate surface area is 140 Å². The molecule has 0 aliphatic rings. The molecule has 0 fully saturated rings. The molecule has 3 aromatic heterocycles. The van der Waals surface area contributed by atoms with E-state index in [0.717, 1.165) is 30.7 Å². The monoisotopic (exact) mass is 331 g/mol. The Bertz CT molecular complexity index is 1020. The second-order valence-corrected chi connectivity index (χ2v) is 6.50. The van der Waals surface area contributed by atoms with E-state index in [-0.39, 0.29) is 17.3 Å². The van der Waals surface area contributed by atoms with Gasteiger partial charge in [-0.2, -0.15) is 4.98 Å². The van der Waals surface area contributed by atoms with Gasteiger partial charge in [-0.15, -0.1) is 0 Å². The second-order valence-electron chi connectivity index (χ2n) is 6.50. The molecule has 7 heteroatoms. The number of fused-ring (bicyclic) bond motifs is 3. The van der Waals surface area contributed by atoms with Gasteiger partial charge in [-0.25, -0.2) is 4.79 Å². The van der Waals surface area contributed by atoms with Gasteiger partial charge in [0.15, 0.2) is 11.2 Å². The summed E-state index contributed by atoms with van der Waals surface area (Å²) in [5, 5.41) is 0. The fourth-order valence-electron chi connectivity index (χ4n) is 3.27. The van der Waals surface area contributed by atoms with Gasteiger partial charge in [-0.3, -0.25) is 18.3 Å². The molecule has 0 aliphatic carbocycles. The van der Waals surface area contributed by atoms with E-state index in [2.05, 4.69) is 23.4 Å². The standard InChI is InChI=1S/C17H25N5O2/c1-6-8-9-20-15(23)13-14(19(5)17(20)24)18-16-21(13)10-12(4)22(16)11(3)7-2/h10-11H,6-9H2,1-5H3/t11-/m0/s1. The van der Waals surface area contributed by atoms with Crippen molar-refractivity contribution >= 4 is 16.9 Å². The van der Waals surface area contributed by atoms with Crippen LogP contribution in [-0.2, 0) is 13.6 Å². The maximum atomic E-state index is 12.9. The van der Waals surface area contributed by atoms with Crippen molar-refractivity contribution in [2.75, 3.05) is 0 Å². The average Bonchev–Trinajstić information content (AvgIpc) is 3.06. The van der Waals surface area contributed by atoms with Gasteiger partial charge in [-0.05, 0) is 26.7 Å². The summed E-state index contributed by atoms with van der Waals surface area (Å²) in [6.07, 6.45) is 4.63. The number of imidazole rings is 2. The molecule has 1 atom stereocenters. The number of aryl methyl sites for hydroxylation is 2. The van der Waals surface area contributed by atoms with Gasteiger partial charge in [0, 0.05) is 31.5 Å². The van der Waals surface area contributed by atoms with Crippen LogP contribution in [0.25, 0.3) is 16.9 Å². The molecule has 130 valence electrons. The summed E-state index contributed by atoms with van der Waals surface area (Å²) >= 11 is 0. The molecule has 0 amide bonds. The van der Waals surface area contributed by atoms with E-state index in [9.17, 15) is 9.59 Å². The summed E-state index contributed by atoms with van der Waals surface area (Å²) in [6.45, 7) is 8.75. The Hall–Kier alpha value is -2.31. The van der Waals surface area contributed by atoms with E-state index in [1.807, 2.05) is 24.4 Å². The lowest BCUT2D eigenvalue weighted by atomic mass is 10.2. The third kappa shape index (κ3) is 2.22. The first-order chi connectivity index (χ1) is 11.4. The third-order valence-corrected chi connectivity index (χ3v) is 4.84. The molecule has 0 spiro atoms. The van der Waals surface area contributed by atoms with E-state index in [4.69, 9.17) is 0 Å². The lowest BCUT2D eigenvalue weighted by molar-refractivity contribution is 0.532. The van der Waals surface area contributed by atoms with Crippen molar-refractivity contribution < 1.29 is 0 Å².